The van der Waals surface area contributed by atoms with E-state index in [4.69, 9.17) is 14.5 Å². The van der Waals surface area contributed by atoms with Crippen molar-refractivity contribution in [3.63, 3.8) is 0 Å². The third kappa shape index (κ3) is 5.43. The van der Waals surface area contributed by atoms with Gasteiger partial charge in [0.05, 0.1) is 22.5 Å². The van der Waals surface area contributed by atoms with E-state index in [1.165, 1.54) is 9.80 Å². The van der Waals surface area contributed by atoms with Gasteiger partial charge in [0.1, 0.15) is 25.3 Å². The van der Waals surface area contributed by atoms with Crippen LogP contribution in [0.15, 0.2) is 66.7 Å². The number of H-pyrrole nitrogens is 1. The van der Waals surface area contributed by atoms with Crippen LogP contribution in [0.5, 0.6) is 0 Å². The summed E-state index contributed by atoms with van der Waals surface area (Å²) in [7, 11) is 0. The molecule has 4 aromatic rings. The van der Waals surface area contributed by atoms with E-state index in [1.807, 2.05) is 0 Å². The first kappa shape index (κ1) is 28.4. The van der Waals surface area contributed by atoms with Crippen molar-refractivity contribution in [2.45, 2.75) is 51.0 Å². The Labute approximate surface area is 258 Å². The van der Waals surface area contributed by atoms with Crippen molar-refractivity contribution in [3.8, 4) is 22.8 Å². The Morgan fingerprint density at radius 2 is 1.13 bits per heavy atom. The minimum atomic E-state index is -0.748. The number of aromatic nitrogens is 4. The number of nitrogens with zero attached hydrogens (tertiary/aromatic N) is 5. The maximum Gasteiger partial charge on any atom is 0.329 e. The Hall–Kier alpha value is -5.39. The van der Waals surface area contributed by atoms with E-state index in [2.05, 4.69) is 15.2 Å². The molecule has 5 heterocycles. The number of ether oxygens (including phenoxy) is 2. The summed E-state index contributed by atoms with van der Waals surface area (Å²) >= 11 is 0. The van der Waals surface area contributed by atoms with Crippen molar-refractivity contribution < 1.29 is 28.7 Å². The normalized spacial score (nSPS) is 20.6. The van der Waals surface area contributed by atoms with Crippen LogP contribution < -0.4 is 0 Å². The van der Waals surface area contributed by atoms with Crippen LogP contribution in [0.25, 0.3) is 22.8 Å². The Morgan fingerprint density at radius 3 is 1.71 bits per heavy atom. The molecule has 4 bridgehead atoms. The van der Waals surface area contributed by atoms with E-state index in [0.29, 0.717) is 78.2 Å². The molecule has 45 heavy (non-hydrogen) atoms. The molecule has 2 fully saturated rings. The molecule has 2 aromatic heterocycles. The highest BCUT2D eigenvalue weighted by atomic mass is 16.5. The molecule has 2 amide bonds. The number of pyridine rings is 1. The average Bonchev–Trinajstić information content (AvgIpc) is 3.87. The van der Waals surface area contributed by atoms with Gasteiger partial charge in [0.15, 0.2) is 11.6 Å². The molecular weight excluding hydrogens is 576 g/mol. The van der Waals surface area contributed by atoms with Gasteiger partial charge >= 0.3 is 11.9 Å². The lowest BCUT2D eigenvalue weighted by molar-refractivity contribution is -0.150. The number of esters is 2. The highest BCUT2D eigenvalue weighted by Crippen LogP contribution is 2.30. The number of hydrogen-bond acceptors (Lipinski definition) is 9. The first-order chi connectivity index (χ1) is 22.0. The van der Waals surface area contributed by atoms with Crippen LogP contribution in [0.2, 0.25) is 0 Å². The number of hydrogen-bond donors (Lipinski definition) is 1. The van der Waals surface area contributed by atoms with Crippen LogP contribution in [-0.4, -0.2) is 78.9 Å². The van der Waals surface area contributed by atoms with Gasteiger partial charge in [0.25, 0.3) is 11.8 Å². The molecule has 3 aliphatic rings. The second-order valence-electron chi connectivity index (χ2n) is 11.2. The third-order valence-electron chi connectivity index (χ3n) is 8.46. The highest BCUT2D eigenvalue weighted by molar-refractivity contribution is 6.03. The molecule has 0 unspecified atom stereocenters. The number of rotatable bonds is 0. The number of carbonyl (C=O) groups excluding carboxylic acids is 4. The molecule has 0 radical (unpaired) electrons. The summed E-state index contributed by atoms with van der Waals surface area (Å²) in [5.74, 6) is -1.06. The van der Waals surface area contributed by atoms with Crippen LogP contribution in [-0.2, 0) is 32.3 Å². The molecule has 2 saturated heterocycles. The molecule has 12 heteroatoms. The standard InChI is InChI=1S/C33H30N6O6/c40-30-24-12-3-1-10-22(24)28-35-29(37-36-28)23-11-2-4-13-25(23)31(41)39-17-7-15-27(39)33(43)45-19-21-9-5-8-20(34-21)18-44-32(42)26-14-6-16-38(26)30/h1-5,8-13,26-27H,6-7,14-19H2,(H,35,36,37)/t26-,27-/m0/s1. The summed E-state index contributed by atoms with van der Waals surface area (Å²) in [5.41, 5.74) is 2.67. The summed E-state index contributed by atoms with van der Waals surface area (Å²) in [6.45, 7) is 0.611. The van der Waals surface area contributed by atoms with Crippen LogP contribution in [0, 0.1) is 0 Å². The van der Waals surface area contributed by atoms with Crippen molar-refractivity contribution in [1.82, 2.24) is 30.0 Å². The Balaban J connectivity index is 1.29. The zero-order valence-electron chi connectivity index (χ0n) is 24.3. The largest absolute Gasteiger partial charge is 0.458 e. The molecule has 1 N–H and O–H groups in total. The van der Waals surface area contributed by atoms with Crippen molar-refractivity contribution >= 4 is 23.8 Å². The summed E-state index contributed by atoms with van der Waals surface area (Å²) in [4.78, 5) is 66.5. The van der Waals surface area contributed by atoms with Crippen LogP contribution in [0.1, 0.15) is 57.8 Å². The van der Waals surface area contributed by atoms with E-state index in [0.717, 1.165) is 0 Å². The summed E-state index contributed by atoms with van der Waals surface area (Å²) in [5, 5.41) is 7.34. The van der Waals surface area contributed by atoms with Gasteiger partial charge in [-0.3, -0.25) is 19.7 Å². The molecule has 0 saturated carbocycles. The zero-order chi connectivity index (χ0) is 30.9. The zero-order valence-corrected chi connectivity index (χ0v) is 24.3. The van der Waals surface area contributed by atoms with Gasteiger partial charge in [-0.05, 0) is 49.9 Å². The first-order valence-electron chi connectivity index (χ1n) is 15.0. The number of carbonyl (C=O) groups is 4. The maximum absolute atomic E-state index is 13.9. The molecule has 2 aromatic carbocycles. The number of benzene rings is 2. The van der Waals surface area contributed by atoms with Gasteiger partial charge in [-0.1, -0.05) is 42.5 Å². The molecule has 228 valence electrons. The lowest BCUT2D eigenvalue weighted by Gasteiger charge is -2.24. The first-order valence-corrected chi connectivity index (χ1v) is 15.0. The summed E-state index contributed by atoms with van der Waals surface area (Å²) in [6, 6.07) is 17.7. The SMILES string of the molecule is O=C1OCc2cccc(n2)COC(=O)[C@@H]2CCCN2C(=O)c2ccccc2-c2nc(n[nH]2)-c2ccccc2C(=O)N2CCC[C@@H]12. The van der Waals surface area contributed by atoms with E-state index in [9.17, 15) is 19.2 Å². The lowest BCUT2D eigenvalue weighted by Crippen LogP contribution is -2.41. The lowest BCUT2D eigenvalue weighted by atomic mass is 10.0. The number of cyclic esters (lactones) is 2. The van der Waals surface area contributed by atoms with Crippen molar-refractivity contribution in [3.05, 3.63) is 89.2 Å². The quantitative estimate of drug-likeness (QED) is 0.297. The fourth-order valence-corrected chi connectivity index (χ4v) is 6.24. The van der Waals surface area contributed by atoms with Crippen molar-refractivity contribution in [2.24, 2.45) is 0 Å². The predicted octanol–water partition coefficient (Wildman–Crippen LogP) is 3.54. The van der Waals surface area contributed by atoms with Crippen LogP contribution in [0.3, 0.4) is 0 Å². The monoisotopic (exact) mass is 606 g/mol. The number of amides is 2. The van der Waals surface area contributed by atoms with E-state index in [-0.39, 0.29) is 30.9 Å². The van der Waals surface area contributed by atoms with Gasteiger partial charge in [0, 0.05) is 24.2 Å². The molecule has 0 spiro atoms. The van der Waals surface area contributed by atoms with Gasteiger partial charge < -0.3 is 19.3 Å². The minimum Gasteiger partial charge on any atom is -0.458 e. The van der Waals surface area contributed by atoms with Crippen molar-refractivity contribution in [1.29, 1.82) is 0 Å². The van der Waals surface area contributed by atoms with Crippen LogP contribution in [0.4, 0.5) is 0 Å². The second-order valence-corrected chi connectivity index (χ2v) is 11.2. The second kappa shape index (κ2) is 11.9. The molecule has 12 nitrogen and oxygen atoms in total. The fourth-order valence-electron chi connectivity index (χ4n) is 6.24. The smallest absolute Gasteiger partial charge is 0.329 e. The van der Waals surface area contributed by atoms with Gasteiger partial charge in [-0.2, -0.15) is 5.10 Å². The van der Waals surface area contributed by atoms with E-state index in [1.54, 1.807) is 66.7 Å². The number of nitrogens with one attached hydrogen (secondary N) is 1. The average molecular weight is 607 g/mol. The molecule has 2 atom stereocenters. The van der Waals surface area contributed by atoms with E-state index < -0.39 is 24.0 Å². The molecule has 3 aliphatic heterocycles. The predicted molar refractivity (Wildman–Crippen MR) is 159 cm³/mol. The maximum atomic E-state index is 13.9. The highest BCUT2D eigenvalue weighted by Gasteiger charge is 2.38. The molecule has 7 rings (SSSR count). The van der Waals surface area contributed by atoms with E-state index >= 15 is 0 Å². The van der Waals surface area contributed by atoms with Gasteiger partial charge in [0.2, 0.25) is 0 Å². The Bertz CT molecular complexity index is 1680. The minimum absolute atomic E-state index is 0.0963. The third-order valence-corrected chi connectivity index (χ3v) is 8.46. The van der Waals surface area contributed by atoms with Crippen molar-refractivity contribution in [2.75, 3.05) is 13.1 Å². The Kier molecular flexibility index (Phi) is 7.54. The van der Waals surface area contributed by atoms with Gasteiger partial charge in [-0.15, -0.1) is 0 Å². The summed E-state index contributed by atoms with van der Waals surface area (Å²) < 4.78 is 11.2. The molecular formula is C33H30N6O6. The van der Waals surface area contributed by atoms with Gasteiger partial charge in [-0.25, -0.2) is 14.6 Å². The molecule has 0 aliphatic carbocycles. The Morgan fingerprint density at radius 1 is 0.622 bits per heavy atom. The topological polar surface area (TPSA) is 148 Å². The number of fused-ring (bicyclic) bond motifs is 10. The summed E-state index contributed by atoms with van der Waals surface area (Å²) in [6.07, 6.45) is 2.26. The fraction of sp³-hybridized carbons (Fsp3) is 0.303. The van der Waals surface area contributed by atoms with Crippen LogP contribution >= 0.6 is 0 Å². The number of aromatic amines is 1.